The minimum absolute atomic E-state index is 0.0753. The first-order chi connectivity index (χ1) is 10.8. The van der Waals surface area contributed by atoms with Gasteiger partial charge in [0.15, 0.2) is 0 Å². The second kappa shape index (κ2) is 6.55. The molecule has 2 aromatic rings. The maximum Gasteiger partial charge on any atom is 0.282 e. The quantitative estimate of drug-likeness (QED) is 0.828. The molecule has 2 rings (SSSR count). The van der Waals surface area contributed by atoms with Gasteiger partial charge >= 0.3 is 0 Å². The number of nitrogens with zero attached hydrogens (tertiary/aromatic N) is 4. The van der Waals surface area contributed by atoms with Crippen molar-refractivity contribution in [2.75, 3.05) is 5.32 Å². The van der Waals surface area contributed by atoms with Gasteiger partial charge in [-0.2, -0.15) is 10.2 Å². The number of primary amides is 1. The molecule has 0 radical (unpaired) electrons. The Bertz CT molecular complexity index is 737. The molecule has 0 atom stereocenters. The van der Waals surface area contributed by atoms with Crippen molar-refractivity contribution >= 4 is 17.5 Å². The average molecular weight is 326 g/mol. The molecule has 0 saturated carbocycles. The van der Waals surface area contributed by atoms with Crippen molar-refractivity contribution in [1.82, 2.24) is 19.6 Å². The van der Waals surface area contributed by atoms with E-state index in [-0.39, 0.29) is 17.9 Å². The Morgan fingerprint density at radius 2 is 2.09 bits per heavy atom. The molecule has 0 spiro atoms. The third-order valence-electron chi connectivity index (χ3n) is 3.16. The lowest BCUT2D eigenvalue weighted by atomic mass is 10.3. The number of nitrogens with two attached hydrogens (primary N) is 1. The summed E-state index contributed by atoms with van der Waals surface area (Å²) in [6.07, 6.45) is -1.40. The topological polar surface area (TPSA) is 108 Å². The standard InChI is InChI=1S/C13H16F2N6O2/c1-3-20-11(13(16)23)9(5-17-20)18-10(22)6-21-7(2)4-8(19-21)12(14)15/h4-5,12H,3,6H2,1-2H3,(H2,16,23)(H,18,22). The van der Waals surface area contributed by atoms with Gasteiger partial charge in [0.2, 0.25) is 5.91 Å². The van der Waals surface area contributed by atoms with Gasteiger partial charge in [-0.05, 0) is 19.9 Å². The Balaban J connectivity index is 2.14. The summed E-state index contributed by atoms with van der Waals surface area (Å²) in [4.78, 5) is 23.5. The monoisotopic (exact) mass is 326 g/mol. The van der Waals surface area contributed by atoms with Crippen LogP contribution in [0.15, 0.2) is 12.3 Å². The summed E-state index contributed by atoms with van der Waals surface area (Å²) in [7, 11) is 0. The molecule has 0 aliphatic heterocycles. The summed E-state index contributed by atoms with van der Waals surface area (Å²) >= 11 is 0. The predicted octanol–water partition coefficient (Wildman–Crippen LogP) is 1.08. The van der Waals surface area contributed by atoms with E-state index in [1.165, 1.54) is 16.9 Å². The van der Waals surface area contributed by atoms with Crippen molar-refractivity contribution in [1.29, 1.82) is 0 Å². The van der Waals surface area contributed by atoms with E-state index in [0.717, 1.165) is 4.68 Å². The predicted molar refractivity (Wildman–Crippen MR) is 77.0 cm³/mol. The highest BCUT2D eigenvalue weighted by Crippen LogP contribution is 2.18. The smallest absolute Gasteiger partial charge is 0.282 e. The van der Waals surface area contributed by atoms with Gasteiger partial charge in [-0.3, -0.25) is 19.0 Å². The fourth-order valence-electron chi connectivity index (χ4n) is 2.10. The van der Waals surface area contributed by atoms with Gasteiger partial charge < -0.3 is 11.1 Å². The number of hydrogen-bond acceptors (Lipinski definition) is 4. The number of aryl methyl sites for hydroxylation is 2. The maximum atomic E-state index is 12.6. The van der Waals surface area contributed by atoms with Crippen LogP contribution in [0.5, 0.6) is 0 Å². The fraction of sp³-hybridized carbons (Fsp3) is 0.385. The van der Waals surface area contributed by atoms with Gasteiger partial charge in [0.1, 0.15) is 17.9 Å². The van der Waals surface area contributed by atoms with Crippen molar-refractivity contribution in [2.24, 2.45) is 5.73 Å². The third-order valence-corrected chi connectivity index (χ3v) is 3.16. The Labute approximate surface area is 130 Å². The second-order valence-corrected chi connectivity index (χ2v) is 4.80. The number of nitrogens with one attached hydrogen (secondary N) is 1. The Hall–Kier alpha value is -2.78. The molecule has 124 valence electrons. The summed E-state index contributed by atoms with van der Waals surface area (Å²) < 4.78 is 27.7. The fourth-order valence-corrected chi connectivity index (χ4v) is 2.10. The molecule has 0 aliphatic rings. The highest BCUT2D eigenvalue weighted by atomic mass is 19.3. The molecule has 2 heterocycles. The van der Waals surface area contributed by atoms with Crippen LogP contribution in [0.25, 0.3) is 0 Å². The molecule has 0 saturated heterocycles. The number of halogens is 2. The summed E-state index contributed by atoms with van der Waals surface area (Å²) in [5.41, 5.74) is 5.55. The van der Waals surface area contributed by atoms with Gasteiger partial charge in [-0.25, -0.2) is 8.78 Å². The first-order valence-corrected chi connectivity index (χ1v) is 6.81. The van der Waals surface area contributed by atoms with Crippen LogP contribution in [0.4, 0.5) is 14.5 Å². The highest BCUT2D eigenvalue weighted by Gasteiger charge is 2.19. The molecule has 0 bridgehead atoms. The Morgan fingerprint density at radius 1 is 1.39 bits per heavy atom. The lowest BCUT2D eigenvalue weighted by molar-refractivity contribution is -0.117. The van der Waals surface area contributed by atoms with Crippen LogP contribution in [-0.2, 0) is 17.9 Å². The van der Waals surface area contributed by atoms with Gasteiger partial charge in [0, 0.05) is 12.2 Å². The van der Waals surface area contributed by atoms with Gasteiger partial charge in [0.05, 0.1) is 11.9 Å². The van der Waals surface area contributed by atoms with Crippen LogP contribution in [-0.4, -0.2) is 31.4 Å². The number of rotatable bonds is 6. The summed E-state index contributed by atoms with van der Waals surface area (Å²) in [5.74, 6) is -1.26. The number of carbonyl (C=O) groups is 2. The molecule has 2 amide bonds. The van der Waals surface area contributed by atoms with Crippen LogP contribution in [0.3, 0.4) is 0 Å². The average Bonchev–Trinajstić information content (AvgIpc) is 3.03. The van der Waals surface area contributed by atoms with E-state index in [1.807, 2.05) is 0 Å². The minimum Gasteiger partial charge on any atom is -0.364 e. The number of amides is 2. The molecule has 2 aromatic heterocycles. The summed E-state index contributed by atoms with van der Waals surface area (Å²) in [6, 6.07) is 1.21. The molecule has 0 aliphatic carbocycles. The Kier molecular flexibility index (Phi) is 4.72. The summed E-state index contributed by atoms with van der Waals surface area (Å²) in [5, 5.41) is 10.1. The largest absolute Gasteiger partial charge is 0.364 e. The normalized spacial score (nSPS) is 11.0. The van der Waals surface area contributed by atoms with E-state index >= 15 is 0 Å². The lowest BCUT2D eigenvalue weighted by Gasteiger charge is -2.07. The van der Waals surface area contributed by atoms with E-state index in [2.05, 4.69) is 15.5 Å². The van der Waals surface area contributed by atoms with Crippen LogP contribution in [0.2, 0.25) is 0 Å². The third kappa shape index (κ3) is 3.52. The van der Waals surface area contributed by atoms with E-state index in [9.17, 15) is 18.4 Å². The molecular formula is C13H16F2N6O2. The molecule has 10 heteroatoms. The van der Waals surface area contributed by atoms with E-state index in [1.54, 1.807) is 13.8 Å². The lowest BCUT2D eigenvalue weighted by Crippen LogP contribution is -2.24. The number of alkyl halides is 2. The summed E-state index contributed by atoms with van der Waals surface area (Å²) in [6.45, 7) is 3.47. The van der Waals surface area contributed by atoms with Crippen molar-refractivity contribution < 1.29 is 18.4 Å². The molecule has 23 heavy (non-hydrogen) atoms. The molecule has 8 nitrogen and oxygen atoms in total. The second-order valence-electron chi connectivity index (χ2n) is 4.80. The van der Waals surface area contributed by atoms with Crippen LogP contribution in [0.1, 0.15) is 35.2 Å². The number of anilines is 1. The Morgan fingerprint density at radius 3 is 2.61 bits per heavy atom. The van der Waals surface area contributed by atoms with Crippen LogP contribution < -0.4 is 11.1 Å². The molecule has 3 N–H and O–H groups in total. The number of carbonyl (C=O) groups excluding carboxylic acids is 2. The highest BCUT2D eigenvalue weighted by molar-refractivity contribution is 6.01. The van der Waals surface area contributed by atoms with Gasteiger partial charge in [0.25, 0.3) is 12.3 Å². The van der Waals surface area contributed by atoms with Crippen LogP contribution >= 0.6 is 0 Å². The first-order valence-electron chi connectivity index (χ1n) is 6.81. The van der Waals surface area contributed by atoms with Crippen molar-refractivity contribution in [3.63, 3.8) is 0 Å². The first kappa shape index (κ1) is 16.6. The van der Waals surface area contributed by atoms with Crippen molar-refractivity contribution in [3.05, 3.63) is 29.3 Å². The SMILES string of the molecule is CCn1ncc(NC(=O)Cn2nc(C(F)F)cc2C)c1C(N)=O. The van der Waals surface area contributed by atoms with Crippen molar-refractivity contribution in [2.45, 2.75) is 33.4 Å². The van der Waals surface area contributed by atoms with E-state index in [0.29, 0.717) is 12.2 Å². The zero-order valence-corrected chi connectivity index (χ0v) is 12.6. The van der Waals surface area contributed by atoms with Crippen molar-refractivity contribution in [3.8, 4) is 0 Å². The molecule has 0 aromatic carbocycles. The van der Waals surface area contributed by atoms with Gasteiger partial charge in [-0.15, -0.1) is 0 Å². The minimum atomic E-state index is -2.71. The van der Waals surface area contributed by atoms with E-state index in [4.69, 9.17) is 5.73 Å². The maximum absolute atomic E-state index is 12.6. The van der Waals surface area contributed by atoms with Crippen LogP contribution in [0, 0.1) is 6.92 Å². The van der Waals surface area contributed by atoms with E-state index < -0.39 is 23.9 Å². The zero-order valence-electron chi connectivity index (χ0n) is 12.6. The molecule has 0 unspecified atom stereocenters. The number of hydrogen-bond donors (Lipinski definition) is 2. The number of aromatic nitrogens is 4. The molecular weight excluding hydrogens is 310 g/mol. The van der Waals surface area contributed by atoms with Gasteiger partial charge in [-0.1, -0.05) is 0 Å². The molecule has 0 fully saturated rings. The zero-order chi connectivity index (χ0) is 17.1.